The van der Waals surface area contributed by atoms with Crippen molar-refractivity contribution in [3.05, 3.63) is 95.0 Å². The van der Waals surface area contributed by atoms with E-state index in [1.807, 2.05) is 35.0 Å². The van der Waals surface area contributed by atoms with Crippen LogP contribution >= 0.6 is 11.6 Å². The van der Waals surface area contributed by atoms with E-state index in [1.54, 1.807) is 47.6 Å². The third-order valence-electron chi connectivity index (χ3n) is 6.50. The van der Waals surface area contributed by atoms with Crippen LogP contribution in [0.15, 0.2) is 73.2 Å². The minimum absolute atomic E-state index is 0.0383. The molecule has 4 heterocycles. The van der Waals surface area contributed by atoms with Gasteiger partial charge in [0, 0.05) is 37.4 Å². The summed E-state index contributed by atoms with van der Waals surface area (Å²) < 4.78 is 14.6. The van der Waals surface area contributed by atoms with Gasteiger partial charge in [-0.05, 0) is 48.0 Å². The number of aromatic nitrogens is 2. The van der Waals surface area contributed by atoms with E-state index in [0.717, 1.165) is 11.3 Å². The number of ether oxygens (including phenoxy) is 2. The van der Waals surface area contributed by atoms with Gasteiger partial charge in [-0.2, -0.15) is 5.26 Å². The zero-order valence-electron chi connectivity index (χ0n) is 19.8. The van der Waals surface area contributed by atoms with E-state index >= 15 is 0 Å². The number of carbonyl (C=O) groups excluding carboxylic acids is 1. The number of hydrogen-bond donors (Lipinski definition) is 0. The van der Waals surface area contributed by atoms with Gasteiger partial charge < -0.3 is 18.9 Å². The van der Waals surface area contributed by atoms with Crippen molar-refractivity contribution in [3.63, 3.8) is 0 Å². The van der Waals surface area contributed by atoms with Gasteiger partial charge in [-0.3, -0.25) is 9.69 Å². The highest BCUT2D eigenvalue weighted by Crippen LogP contribution is 2.40. The number of amides is 1. The summed E-state index contributed by atoms with van der Waals surface area (Å²) in [5, 5.41) is 10.2. The Hall–Kier alpha value is -4.32. The summed E-state index contributed by atoms with van der Waals surface area (Å²) in [4.78, 5) is 21.5. The van der Waals surface area contributed by atoms with Gasteiger partial charge in [0.1, 0.15) is 11.8 Å². The van der Waals surface area contributed by atoms with Crippen LogP contribution in [0.1, 0.15) is 16.8 Å². The lowest BCUT2D eigenvalue weighted by Crippen LogP contribution is -2.50. The van der Waals surface area contributed by atoms with Crippen molar-refractivity contribution in [1.82, 2.24) is 14.5 Å². The van der Waals surface area contributed by atoms with Crippen molar-refractivity contribution in [2.75, 3.05) is 24.5 Å². The molecule has 0 aliphatic carbocycles. The van der Waals surface area contributed by atoms with Crippen molar-refractivity contribution in [1.29, 1.82) is 5.26 Å². The Balaban J connectivity index is 1.49. The Morgan fingerprint density at radius 3 is 2.49 bits per heavy atom. The molecule has 1 aromatic heterocycles. The van der Waals surface area contributed by atoms with Gasteiger partial charge in [-0.25, -0.2) is 4.98 Å². The number of carbonyl (C=O) groups is 1. The summed E-state index contributed by atoms with van der Waals surface area (Å²) in [6.45, 7) is 2.58. The summed E-state index contributed by atoms with van der Waals surface area (Å²) in [6, 6.07) is 20.2. The number of benzene rings is 3. The van der Waals surface area contributed by atoms with E-state index in [1.165, 1.54) is 0 Å². The van der Waals surface area contributed by atoms with Crippen molar-refractivity contribution in [2.24, 2.45) is 0 Å². The standard InChI is InChI=1S/C28H22ClN5O3/c29-21-7-8-24-23(12-21)34-10-9-32(17-28(34)35)16-22-14-31-18-33(22)15-19-5-6-20(13-30)27(11-19)37-26-4-2-1-3-25(26)36-24/h1-8,11-12,14,18H,9-10,15-17H2. The number of imidazole rings is 1. The smallest absolute Gasteiger partial charge is 0.241 e. The summed E-state index contributed by atoms with van der Waals surface area (Å²) in [5.74, 6) is 1.78. The third kappa shape index (κ3) is 4.62. The predicted octanol–water partition coefficient (Wildman–Crippen LogP) is 5.20. The molecule has 4 aromatic rings. The first-order valence-corrected chi connectivity index (χ1v) is 12.2. The normalized spacial score (nSPS) is 16.9. The number of fused-ring (bicyclic) bond motifs is 2. The van der Waals surface area contributed by atoms with Crippen LogP contribution in [0, 0.1) is 11.3 Å². The Morgan fingerprint density at radius 1 is 0.892 bits per heavy atom. The average molecular weight is 512 g/mol. The summed E-state index contributed by atoms with van der Waals surface area (Å²) in [6.07, 6.45) is 3.60. The maximum atomic E-state index is 13.3. The molecule has 1 saturated heterocycles. The first kappa shape index (κ1) is 23.1. The molecule has 1 atom stereocenters. The van der Waals surface area contributed by atoms with Crippen LogP contribution < -0.4 is 14.4 Å². The van der Waals surface area contributed by atoms with E-state index < -0.39 is 0 Å². The Bertz CT molecular complexity index is 1540. The monoisotopic (exact) mass is 511 g/mol. The molecule has 3 aliphatic rings. The number of anilines is 1. The maximum absolute atomic E-state index is 13.3. The number of piperazine rings is 1. The molecule has 0 N–H and O–H groups in total. The van der Waals surface area contributed by atoms with Crippen molar-refractivity contribution in [3.8, 4) is 29.1 Å². The molecule has 1 unspecified atom stereocenters. The highest BCUT2D eigenvalue weighted by molar-refractivity contribution is 6.31. The molecular weight excluding hydrogens is 490 g/mol. The molecule has 1 amide bonds. The second-order valence-corrected chi connectivity index (χ2v) is 9.41. The van der Waals surface area contributed by atoms with Crippen LogP contribution in [0.4, 0.5) is 5.69 Å². The van der Waals surface area contributed by atoms with E-state index in [0.29, 0.717) is 65.5 Å². The largest absolute Gasteiger partial charge is 0.452 e. The molecule has 0 spiro atoms. The Morgan fingerprint density at radius 2 is 1.70 bits per heavy atom. The number of halogens is 1. The second-order valence-electron chi connectivity index (χ2n) is 8.97. The maximum Gasteiger partial charge on any atom is 0.241 e. The van der Waals surface area contributed by atoms with Crippen molar-refractivity contribution < 1.29 is 14.3 Å². The fourth-order valence-corrected chi connectivity index (χ4v) is 4.81. The summed E-state index contributed by atoms with van der Waals surface area (Å²) in [5.41, 5.74) is 2.96. The van der Waals surface area contributed by atoms with E-state index in [4.69, 9.17) is 21.1 Å². The molecule has 4 bridgehead atoms. The first-order valence-electron chi connectivity index (χ1n) is 11.9. The van der Waals surface area contributed by atoms with Gasteiger partial charge in [0.25, 0.3) is 0 Å². The molecule has 184 valence electrons. The van der Waals surface area contributed by atoms with Crippen LogP contribution in [-0.2, 0) is 17.9 Å². The number of rotatable bonds is 0. The molecule has 9 heteroatoms. The molecule has 3 aliphatic heterocycles. The molecule has 0 radical (unpaired) electrons. The van der Waals surface area contributed by atoms with Crippen LogP contribution in [0.2, 0.25) is 5.02 Å². The number of nitrogens with zero attached hydrogens (tertiary/aromatic N) is 5. The second kappa shape index (κ2) is 9.62. The number of hydrogen-bond acceptors (Lipinski definition) is 6. The topological polar surface area (TPSA) is 83.6 Å². The van der Waals surface area contributed by atoms with Gasteiger partial charge in [0.05, 0.1) is 29.8 Å². The minimum atomic E-state index is -0.0383. The summed E-state index contributed by atoms with van der Waals surface area (Å²) in [7, 11) is 0. The van der Waals surface area contributed by atoms with Crippen LogP contribution in [-0.4, -0.2) is 40.0 Å². The van der Waals surface area contributed by atoms with Gasteiger partial charge in [-0.1, -0.05) is 29.8 Å². The van der Waals surface area contributed by atoms with Crippen LogP contribution in [0.3, 0.4) is 0 Å². The highest BCUT2D eigenvalue weighted by atomic mass is 35.5. The zero-order chi connectivity index (χ0) is 25.4. The van der Waals surface area contributed by atoms with E-state index in [-0.39, 0.29) is 12.5 Å². The highest BCUT2D eigenvalue weighted by Gasteiger charge is 2.28. The number of nitriles is 1. The molecule has 3 aromatic carbocycles. The lowest BCUT2D eigenvalue weighted by Gasteiger charge is -2.35. The quantitative estimate of drug-likeness (QED) is 0.322. The fraction of sp³-hybridized carbons (Fsp3) is 0.179. The molecule has 7 rings (SSSR count). The van der Waals surface area contributed by atoms with Gasteiger partial charge in [0.2, 0.25) is 5.91 Å². The van der Waals surface area contributed by atoms with Crippen molar-refractivity contribution in [2.45, 2.75) is 13.1 Å². The Labute approximate surface area is 218 Å². The molecule has 37 heavy (non-hydrogen) atoms. The molecule has 1 fully saturated rings. The van der Waals surface area contributed by atoms with E-state index in [2.05, 4.69) is 16.0 Å². The predicted molar refractivity (Wildman–Crippen MR) is 138 cm³/mol. The van der Waals surface area contributed by atoms with Gasteiger partial charge >= 0.3 is 0 Å². The fourth-order valence-electron chi connectivity index (χ4n) is 4.64. The lowest BCUT2D eigenvalue weighted by molar-refractivity contribution is -0.121. The SMILES string of the molecule is N#Cc1ccc2cc1Oc1ccccc1Oc1ccc(Cl)cc1N1CCN(CC1=O)Cc1cncn1C2. The zero-order valence-corrected chi connectivity index (χ0v) is 20.6. The summed E-state index contributed by atoms with van der Waals surface area (Å²) >= 11 is 6.34. The molecular formula is C28H22ClN5O3. The lowest BCUT2D eigenvalue weighted by atomic mass is 10.1. The van der Waals surface area contributed by atoms with Gasteiger partial charge in [-0.15, -0.1) is 0 Å². The van der Waals surface area contributed by atoms with Crippen LogP contribution in [0.5, 0.6) is 23.0 Å². The average Bonchev–Trinajstić information content (AvgIpc) is 3.32. The molecule has 8 nitrogen and oxygen atoms in total. The minimum Gasteiger partial charge on any atom is -0.452 e. The Kier molecular flexibility index (Phi) is 6.01. The van der Waals surface area contributed by atoms with Gasteiger partial charge in [0.15, 0.2) is 17.2 Å². The van der Waals surface area contributed by atoms with Crippen molar-refractivity contribution >= 4 is 23.2 Å². The van der Waals surface area contributed by atoms with Crippen LogP contribution in [0.25, 0.3) is 0 Å². The molecule has 0 saturated carbocycles. The number of para-hydroxylation sites is 2. The van der Waals surface area contributed by atoms with E-state index in [9.17, 15) is 10.1 Å². The third-order valence-corrected chi connectivity index (χ3v) is 6.74. The first-order chi connectivity index (χ1) is 18.1.